The number of nitrogens with zero attached hydrogens (tertiary/aromatic N) is 3. The van der Waals surface area contributed by atoms with Crippen LogP contribution in [0.5, 0.6) is 17.2 Å². The number of aromatic amines is 1. The molecule has 228 valence electrons. The third-order valence-electron chi connectivity index (χ3n) is 7.08. The Morgan fingerprint density at radius 1 is 1.07 bits per heavy atom. The van der Waals surface area contributed by atoms with Gasteiger partial charge in [-0.25, -0.2) is 21.9 Å². The number of ether oxygens (including phenoxy) is 2. The second kappa shape index (κ2) is 10.9. The molecule has 44 heavy (non-hydrogen) atoms. The van der Waals surface area contributed by atoms with Crippen LogP contribution in [0.4, 0.5) is 29.1 Å². The van der Waals surface area contributed by atoms with Crippen LogP contribution < -0.4 is 19.5 Å². The van der Waals surface area contributed by atoms with Crippen LogP contribution in [-0.4, -0.2) is 47.9 Å². The van der Waals surface area contributed by atoms with E-state index in [4.69, 9.17) is 10.5 Å². The van der Waals surface area contributed by atoms with Crippen molar-refractivity contribution in [3.05, 3.63) is 89.2 Å². The van der Waals surface area contributed by atoms with Crippen LogP contribution in [0.15, 0.2) is 60.8 Å². The van der Waals surface area contributed by atoms with Gasteiger partial charge in [0.05, 0.1) is 28.9 Å². The normalized spacial score (nSPS) is 14.5. The predicted molar refractivity (Wildman–Crippen MR) is 153 cm³/mol. The first-order valence-corrected chi connectivity index (χ1v) is 14.8. The molecule has 0 radical (unpaired) electrons. The highest BCUT2D eigenvalue weighted by Gasteiger charge is 2.32. The summed E-state index contributed by atoms with van der Waals surface area (Å²) in [7, 11) is -3.73. The van der Waals surface area contributed by atoms with Crippen LogP contribution in [0, 0.1) is 18.6 Å². The van der Waals surface area contributed by atoms with Crippen molar-refractivity contribution in [3.63, 3.8) is 0 Å². The van der Waals surface area contributed by atoms with E-state index in [0.29, 0.717) is 17.4 Å². The number of nitrogen functional groups attached to an aromatic ring is 1. The lowest BCUT2D eigenvalue weighted by Gasteiger charge is -2.20. The van der Waals surface area contributed by atoms with Gasteiger partial charge >= 0.3 is 6.61 Å². The molecular weight excluding hydrogens is 606 g/mol. The SMILES string of the molecule is Cc1cc(Oc2ccccc2F)cc(F)c1-n1ncc(C(=O)c2cc3cc(OC(F)F)c(N4CCCS4(=O)=O)cc3[nH]2)c1N. The molecule has 1 aliphatic rings. The largest absolute Gasteiger partial charge is 0.454 e. The molecule has 0 unspecified atom stereocenters. The molecule has 6 rings (SSSR count). The summed E-state index contributed by atoms with van der Waals surface area (Å²) in [6.45, 7) is -1.57. The van der Waals surface area contributed by atoms with E-state index >= 15 is 4.39 Å². The Hall–Kier alpha value is -5.05. The van der Waals surface area contributed by atoms with Crippen molar-refractivity contribution in [1.82, 2.24) is 14.8 Å². The van der Waals surface area contributed by atoms with E-state index in [9.17, 15) is 26.4 Å². The first-order chi connectivity index (χ1) is 20.9. The Balaban J connectivity index is 1.33. The van der Waals surface area contributed by atoms with E-state index < -0.39 is 34.1 Å². The van der Waals surface area contributed by atoms with Crippen molar-refractivity contribution in [1.29, 1.82) is 0 Å². The number of alkyl halides is 2. The van der Waals surface area contributed by atoms with Gasteiger partial charge in [0.15, 0.2) is 23.1 Å². The van der Waals surface area contributed by atoms with Gasteiger partial charge in [0.2, 0.25) is 15.8 Å². The van der Waals surface area contributed by atoms with Gasteiger partial charge in [-0.3, -0.25) is 9.10 Å². The third kappa shape index (κ3) is 5.19. The van der Waals surface area contributed by atoms with Crippen LogP contribution in [0.1, 0.15) is 28.0 Å². The molecule has 1 saturated heterocycles. The fraction of sp³-hybridized carbons (Fsp3) is 0.172. The molecule has 5 aromatic rings. The highest BCUT2D eigenvalue weighted by atomic mass is 32.2. The second-order valence-corrected chi connectivity index (χ2v) is 12.0. The number of halogens is 4. The molecule has 0 amide bonds. The number of hydrogen-bond acceptors (Lipinski definition) is 7. The average Bonchev–Trinajstić information content (AvgIpc) is 3.64. The second-order valence-electron chi connectivity index (χ2n) is 10.00. The summed E-state index contributed by atoms with van der Waals surface area (Å²) in [5.41, 5.74) is 6.60. The van der Waals surface area contributed by atoms with Gasteiger partial charge in [0.25, 0.3) is 0 Å². The van der Waals surface area contributed by atoms with E-state index in [2.05, 4.69) is 14.8 Å². The first-order valence-electron chi connectivity index (χ1n) is 13.2. The maximum Gasteiger partial charge on any atom is 0.387 e. The number of carbonyl (C=O) groups excluding carboxylic acids is 1. The lowest BCUT2D eigenvalue weighted by Crippen LogP contribution is -2.26. The fourth-order valence-electron chi connectivity index (χ4n) is 5.11. The number of nitrogens with two attached hydrogens (primary N) is 1. The van der Waals surface area contributed by atoms with Crippen LogP contribution in [-0.2, 0) is 10.0 Å². The van der Waals surface area contributed by atoms with Gasteiger partial charge in [-0.15, -0.1) is 0 Å². The van der Waals surface area contributed by atoms with Crippen molar-refractivity contribution >= 4 is 38.2 Å². The Morgan fingerprint density at radius 2 is 1.84 bits per heavy atom. The van der Waals surface area contributed by atoms with Crippen molar-refractivity contribution < 1.29 is 40.2 Å². The van der Waals surface area contributed by atoms with Gasteiger partial charge in [0, 0.05) is 23.5 Å². The number of aryl methyl sites for hydroxylation is 1. The summed E-state index contributed by atoms with van der Waals surface area (Å²) in [5.74, 6) is -2.82. The topological polar surface area (TPSA) is 133 Å². The summed E-state index contributed by atoms with van der Waals surface area (Å²) in [4.78, 5) is 16.3. The molecule has 3 heterocycles. The molecule has 1 aliphatic heterocycles. The van der Waals surface area contributed by atoms with Gasteiger partial charge in [-0.1, -0.05) is 12.1 Å². The minimum Gasteiger partial charge on any atom is -0.454 e. The number of aromatic nitrogens is 3. The van der Waals surface area contributed by atoms with Crippen LogP contribution in [0.2, 0.25) is 0 Å². The Labute approximate surface area is 247 Å². The molecule has 10 nitrogen and oxygen atoms in total. The van der Waals surface area contributed by atoms with Crippen LogP contribution in [0.3, 0.4) is 0 Å². The standard InChI is InChI=1S/C29H23F4N5O5S/c1-15-9-17(42-24-6-3-2-5-19(24)30)12-20(31)26(15)38-28(34)18(14-35-38)27(39)22-10-16-11-25(43-29(32)33)23(13-21(16)36-22)37-7-4-8-44(37,40)41/h2-3,5-6,9-14,29,36H,4,7-8,34H2,1H3. The van der Waals surface area contributed by atoms with E-state index in [1.165, 1.54) is 42.5 Å². The summed E-state index contributed by atoms with van der Waals surface area (Å²) in [5, 5.41) is 4.40. The molecule has 0 atom stereocenters. The minimum absolute atomic E-state index is 0.0125. The number of ketones is 1. The summed E-state index contributed by atoms with van der Waals surface area (Å²) < 4.78 is 92.8. The van der Waals surface area contributed by atoms with Crippen molar-refractivity contribution in [2.24, 2.45) is 0 Å². The van der Waals surface area contributed by atoms with E-state index in [1.54, 1.807) is 13.0 Å². The zero-order chi connectivity index (χ0) is 31.3. The zero-order valence-electron chi connectivity index (χ0n) is 22.9. The molecule has 3 aromatic carbocycles. The fourth-order valence-corrected chi connectivity index (χ4v) is 6.67. The molecule has 3 N–H and O–H groups in total. The van der Waals surface area contributed by atoms with Crippen molar-refractivity contribution in [2.75, 3.05) is 22.3 Å². The van der Waals surface area contributed by atoms with Crippen molar-refractivity contribution in [3.8, 4) is 22.9 Å². The monoisotopic (exact) mass is 629 g/mol. The molecule has 0 aliphatic carbocycles. The van der Waals surface area contributed by atoms with Gasteiger partial charge < -0.3 is 20.2 Å². The smallest absolute Gasteiger partial charge is 0.387 e. The highest BCUT2D eigenvalue weighted by Crippen LogP contribution is 2.38. The van der Waals surface area contributed by atoms with Gasteiger partial charge in [0.1, 0.15) is 17.3 Å². The lowest BCUT2D eigenvalue weighted by atomic mass is 10.1. The number of hydrogen-bond donors (Lipinski definition) is 2. The third-order valence-corrected chi connectivity index (χ3v) is 8.94. The number of sulfonamides is 1. The molecule has 0 saturated carbocycles. The molecule has 0 bridgehead atoms. The first kappa shape index (κ1) is 29.0. The number of benzene rings is 3. The zero-order valence-corrected chi connectivity index (χ0v) is 23.7. The minimum atomic E-state index is -3.73. The number of para-hydroxylation sites is 1. The van der Waals surface area contributed by atoms with Crippen molar-refractivity contribution in [2.45, 2.75) is 20.0 Å². The summed E-state index contributed by atoms with van der Waals surface area (Å²) in [6, 6.07) is 12.1. The summed E-state index contributed by atoms with van der Waals surface area (Å²) >= 11 is 0. The number of nitrogens with one attached hydrogen (secondary N) is 1. The molecule has 1 fully saturated rings. The van der Waals surface area contributed by atoms with E-state index in [1.807, 2.05) is 0 Å². The number of H-pyrrole nitrogens is 1. The van der Waals surface area contributed by atoms with Gasteiger partial charge in [-0.05, 0) is 55.3 Å². The summed E-state index contributed by atoms with van der Waals surface area (Å²) in [6.07, 6.45) is 1.47. The van der Waals surface area contributed by atoms with E-state index in [0.717, 1.165) is 21.3 Å². The highest BCUT2D eigenvalue weighted by molar-refractivity contribution is 7.93. The molecule has 15 heteroatoms. The molecule has 0 spiro atoms. The number of anilines is 2. The van der Waals surface area contributed by atoms with Crippen LogP contribution >= 0.6 is 0 Å². The quantitative estimate of drug-likeness (QED) is 0.167. The lowest BCUT2D eigenvalue weighted by molar-refractivity contribution is -0.0493. The Morgan fingerprint density at radius 3 is 2.52 bits per heavy atom. The average molecular weight is 630 g/mol. The Bertz CT molecular complexity index is 2020. The maximum atomic E-state index is 15.3. The number of carbonyl (C=O) groups is 1. The Kier molecular flexibility index (Phi) is 7.19. The molecular formula is C29H23F4N5O5S. The van der Waals surface area contributed by atoms with Crippen LogP contribution in [0.25, 0.3) is 16.6 Å². The number of fused-ring (bicyclic) bond motifs is 1. The molecule has 2 aromatic heterocycles. The van der Waals surface area contributed by atoms with E-state index in [-0.39, 0.29) is 63.5 Å². The van der Waals surface area contributed by atoms with Gasteiger partial charge in [-0.2, -0.15) is 13.9 Å². The number of rotatable bonds is 8. The maximum absolute atomic E-state index is 15.3. The predicted octanol–water partition coefficient (Wildman–Crippen LogP) is 5.69.